The lowest BCUT2D eigenvalue weighted by Gasteiger charge is -2.26. The molecule has 1 aromatic heterocycles. The molecule has 0 amide bonds. The van der Waals surface area contributed by atoms with Gasteiger partial charge < -0.3 is 14.6 Å². The highest BCUT2D eigenvalue weighted by molar-refractivity contribution is 7.94. The van der Waals surface area contributed by atoms with Gasteiger partial charge in [0.1, 0.15) is 6.61 Å². The third kappa shape index (κ3) is 3.61. The molecule has 0 aliphatic rings. The molecule has 0 aliphatic carbocycles. The summed E-state index contributed by atoms with van der Waals surface area (Å²) in [6.07, 6.45) is 0. The van der Waals surface area contributed by atoms with Crippen LogP contribution in [0.15, 0.2) is 36.4 Å². The molecule has 1 aromatic carbocycles. The quantitative estimate of drug-likeness (QED) is 0.783. The van der Waals surface area contributed by atoms with E-state index in [-0.39, 0.29) is 21.8 Å². The Bertz CT molecular complexity index is 811. The molecule has 1 N–H and O–H groups in total. The Kier molecular flexibility index (Phi) is 5.38. The fraction of sp³-hybridized carbons (Fsp3) is 0.286. The van der Waals surface area contributed by atoms with Crippen molar-refractivity contribution >= 4 is 21.7 Å². The lowest BCUT2D eigenvalue weighted by Crippen LogP contribution is -2.43. The fourth-order valence-corrected chi connectivity index (χ4v) is 2.96. The van der Waals surface area contributed by atoms with E-state index >= 15 is 0 Å². The Balaban J connectivity index is 2.74. The minimum absolute atomic E-state index is 0.0923. The van der Waals surface area contributed by atoms with Crippen molar-refractivity contribution in [2.75, 3.05) is 25.1 Å². The number of nitrogens with zero attached hydrogens (tertiary/aromatic N) is 3. The maximum atomic E-state index is 13.9. The maximum absolute atomic E-state index is 13.9. The van der Waals surface area contributed by atoms with E-state index in [9.17, 15) is 17.2 Å². The van der Waals surface area contributed by atoms with Gasteiger partial charge in [0.05, 0.1) is 26.0 Å². The van der Waals surface area contributed by atoms with Crippen molar-refractivity contribution in [2.24, 2.45) is 0 Å². The van der Waals surface area contributed by atoms with Crippen LogP contribution < -0.4 is 13.8 Å². The molecular formula is C14H15F2N3O5S. The van der Waals surface area contributed by atoms with Gasteiger partial charge in [-0.3, -0.25) is 0 Å². The van der Waals surface area contributed by atoms with Crippen LogP contribution in [0.2, 0.25) is 0 Å². The third-order valence-electron chi connectivity index (χ3n) is 3.06. The Labute approximate surface area is 142 Å². The molecule has 0 unspecified atom stereocenters. The Hall–Kier alpha value is -2.53. The molecule has 0 bridgehead atoms. The average molecular weight is 375 g/mol. The number of hydrogen-bond acceptors (Lipinski definition) is 7. The van der Waals surface area contributed by atoms with Gasteiger partial charge in [-0.2, -0.15) is 31.5 Å². The summed E-state index contributed by atoms with van der Waals surface area (Å²) in [5.74, 6) is -0.800. The van der Waals surface area contributed by atoms with Gasteiger partial charge in [-0.15, -0.1) is 0 Å². The van der Waals surface area contributed by atoms with E-state index in [4.69, 9.17) is 14.6 Å². The van der Waals surface area contributed by atoms with Gasteiger partial charge in [-0.05, 0) is 12.1 Å². The molecule has 0 saturated carbocycles. The van der Waals surface area contributed by atoms with E-state index in [1.165, 1.54) is 44.6 Å². The van der Waals surface area contributed by atoms with E-state index in [0.29, 0.717) is 0 Å². The van der Waals surface area contributed by atoms with Crippen LogP contribution in [0.3, 0.4) is 0 Å². The number of ether oxygens (including phenoxy) is 2. The van der Waals surface area contributed by atoms with Crippen molar-refractivity contribution in [2.45, 2.75) is 5.25 Å². The van der Waals surface area contributed by atoms with E-state index in [1.807, 2.05) is 0 Å². The van der Waals surface area contributed by atoms with E-state index in [2.05, 4.69) is 9.97 Å². The van der Waals surface area contributed by atoms with Crippen molar-refractivity contribution in [3.63, 3.8) is 0 Å². The summed E-state index contributed by atoms with van der Waals surface area (Å²) in [6, 6.07) is 8.29. The second-order valence-corrected chi connectivity index (χ2v) is 6.57. The normalized spacial score (nSPS) is 11.9. The fourth-order valence-electron chi connectivity index (χ4n) is 1.83. The third-order valence-corrected chi connectivity index (χ3v) is 4.80. The minimum atomic E-state index is -5.39. The summed E-state index contributed by atoms with van der Waals surface area (Å²) in [7, 11) is -2.87. The molecule has 11 heteroatoms. The maximum Gasteiger partial charge on any atom is 0.386 e. The smallest absolute Gasteiger partial charge is 0.386 e. The van der Waals surface area contributed by atoms with Crippen molar-refractivity contribution in [1.82, 2.24) is 9.97 Å². The number of hydrogen-bond donors (Lipinski definition) is 1. The summed E-state index contributed by atoms with van der Waals surface area (Å²) in [6.45, 7) is -1.90. The Morgan fingerprint density at radius 2 is 1.64 bits per heavy atom. The second-order valence-electron chi connectivity index (χ2n) is 4.65. The first-order chi connectivity index (χ1) is 11.8. The molecule has 0 aliphatic heterocycles. The average Bonchev–Trinajstić information content (AvgIpc) is 2.62. The number of benzene rings is 1. The van der Waals surface area contributed by atoms with Crippen LogP contribution >= 0.6 is 0 Å². The molecule has 0 fully saturated rings. The molecule has 0 spiro atoms. The van der Waals surface area contributed by atoms with Gasteiger partial charge in [0.25, 0.3) is 5.95 Å². The number of para-hydroxylation sites is 1. The standard InChI is InChI=1S/C14H15F2N3O5S/c1-23-11-8-12(24-2)18-13(17-11)19(10-6-4-3-5-7-10)25(21,22)14(15,16)9-20/h3-8,20H,9H2,1-2H3. The zero-order chi connectivity index (χ0) is 18.7. The van der Waals surface area contributed by atoms with Crippen LogP contribution in [0.25, 0.3) is 0 Å². The van der Waals surface area contributed by atoms with E-state index in [1.54, 1.807) is 6.07 Å². The number of aliphatic hydroxyl groups excluding tert-OH is 1. The van der Waals surface area contributed by atoms with E-state index < -0.39 is 27.8 Å². The monoisotopic (exact) mass is 375 g/mol. The number of anilines is 2. The number of alkyl halides is 2. The van der Waals surface area contributed by atoms with Gasteiger partial charge in [0.15, 0.2) is 0 Å². The van der Waals surface area contributed by atoms with Crippen LogP contribution in [-0.4, -0.2) is 49.6 Å². The summed E-state index contributed by atoms with van der Waals surface area (Å²) in [5.41, 5.74) is -0.147. The van der Waals surface area contributed by atoms with Crippen LogP contribution in [0.5, 0.6) is 11.8 Å². The highest BCUT2D eigenvalue weighted by Crippen LogP contribution is 2.35. The molecule has 136 valence electrons. The summed E-state index contributed by atoms with van der Waals surface area (Å²) >= 11 is 0. The zero-order valence-corrected chi connectivity index (χ0v) is 14.1. The lowest BCUT2D eigenvalue weighted by molar-refractivity contribution is 0.0262. The van der Waals surface area contributed by atoms with Crippen LogP contribution in [-0.2, 0) is 10.0 Å². The number of sulfonamides is 1. The lowest BCUT2D eigenvalue weighted by atomic mass is 10.3. The van der Waals surface area contributed by atoms with Crippen LogP contribution in [0.4, 0.5) is 20.4 Å². The number of halogens is 2. The highest BCUT2D eigenvalue weighted by atomic mass is 32.2. The Morgan fingerprint density at radius 3 is 2.08 bits per heavy atom. The van der Waals surface area contributed by atoms with Crippen LogP contribution in [0.1, 0.15) is 0 Å². The molecule has 0 radical (unpaired) electrons. The van der Waals surface area contributed by atoms with Gasteiger partial charge in [0.2, 0.25) is 11.8 Å². The van der Waals surface area contributed by atoms with Gasteiger partial charge in [-0.25, -0.2) is 0 Å². The number of rotatable bonds is 7. The van der Waals surface area contributed by atoms with Crippen LogP contribution in [0, 0.1) is 0 Å². The van der Waals surface area contributed by atoms with Crippen molar-refractivity contribution in [3.05, 3.63) is 36.4 Å². The second kappa shape index (κ2) is 7.15. The number of aromatic nitrogens is 2. The SMILES string of the molecule is COc1cc(OC)nc(N(c2ccccc2)S(=O)(=O)C(F)(F)CO)n1. The van der Waals surface area contributed by atoms with Crippen molar-refractivity contribution in [3.8, 4) is 11.8 Å². The number of aliphatic hydroxyl groups is 1. The molecular weight excluding hydrogens is 360 g/mol. The molecule has 0 saturated heterocycles. The molecule has 0 atom stereocenters. The predicted molar refractivity (Wildman–Crippen MR) is 84.7 cm³/mol. The minimum Gasteiger partial charge on any atom is -0.481 e. The van der Waals surface area contributed by atoms with Gasteiger partial charge in [-0.1, -0.05) is 18.2 Å². The largest absolute Gasteiger partial charge is 0.481 e. The first-order valence-electron chi connectivity index (χ1n) is 6.82. The Morgan fingerprint density at radius 1 is 1.12 bits per heavy atom. The summed E-state index contributed by atoms with van der Waals surface area (Å²) < 4.78 is 62.8. The number of methoxy groups -OCH3 is 2. The summed E-state index contributed by atoms with van der Waals surface area (Å²) in [5, 5.41) is 4.37. The molecule has 2 rings (SSSR count). The van der Waals surface area contributed by atoms with Crippen molar-refractivity contribution in [1.29, 1.82) is 0 Å². The summed E-state index contributed by atoms with van der Waals surface area (Å²) in [4.78, 5) is 7.62. The molecule has 2 aromatic rings. The van der Waals surface area contributed by atoms with Gasteiger partial charge in [0, 0.05) is 0 Å². The highest BCUT2D eigenvalue weighted by Gasteiger charge is 2.50. The first kappa shape index (κ1) is 18.8. The van der Waals surface area contributed by atoms with Crippen molar-refractivity contribution < 1.29 is 31.8 Å². The molecule has 25 heavy (non-hydrogen) atoms. The predicted octanol–water partition coefficient (Wildman–Crippen LogP) is 1.55. The van der Waals surface area contributed by atoms with E-state index in [0.717, 1.165) is 0 Å². The van der Waals surface area contributed by atoms with Gasteiger partial charge >= 0.3 is 15.3 Å². The first-order valence-corrected chi connectivity index (χ1v) is 8.26. The molecule has 1 heterocycles. The molecule has 8 nitrogen and oxygen atoms in total. The zero-order valence-electron chi connectivity index (χ0n) is 13.3. The topological polar surface area (TPSA) is 102 Å².